The maximum Gasteiger partial charge on any atom is 0.483 e. The second kappa shape index (κ2) is 4.09. The Kier molecular flexibility index (Phi) is 3.93. The van der Waals surface area contributed by atoms with Crippen molar-refractivity contribution in [2.24, 2.45) is 0 Å². The summed E-state index contributed by atoms with van der Waals surface area (Å²) in [6.07, 6.45) is -12.4. The molecular formula is C3HF7O4S. The van der Waals surface area contributed by atoms with Crippen LogP contribution in [-0.2, 0) is 19.2 Å². The Morgan fingerprint density at radius 2 is 1.47 bits per heavy atom. The predicted molar refractivity (Wildman–Crippen MR) is 28.1 cm³/mol. The molecule has 0 saturated heterocycles. The minimum atomic E-state index is -6.34. The molecule has 15 heavy (non-hydrogen) atoms. The maximum absolute atomic E-state index is 12.1. The molecule has 0 heterocycles. The molecule has 12 heteroatoms. The summed E-state index contributed by atoms with van der Waals surface area (Å²) < 4.78 is 104. The van der Waals surface area contributed by atoms with Gasteiger partial charge >= 0.3 is 28.1 Å². The molecule has 0 rings (SSSR count). The highest BCUT2D eigenvalue weighted by Gasteiger charge is 2.62. The molecule has 0 aliphatic rings. The first-order valence-corrected chi connectivity index (χ1v) is 4.21. The van der Waals surface area contributed by atoms with Crippen LogP contribution in [0.1, 0.15) is 0 Å². The summed E-state index contributed by atoms with van der Waals surface area (Å²) in [6.45, 7) is 0. The van der Waals surface area contributed by atoms with Crippen molar-refractivity contribution in [1.29, 1.82) is 0 Å². The first kappa shape index (κ1) is 14.4. The molecule has 0 aliphatic heterocycles. The summed E-state index contributed by atoms with van der Waals surface area (Å²) in [7, 11) is -5.93. The highest BCUT2D eigenvalue weighted by molar-refractivity contribution is 7.86. The fourth-order valence-electron chi connectivity index (χ4n) is 0.271. The van der Waals surface area contributed by atoms with Gasteiger partial charge in [0.05, 0.1) is 0 Å². The van der Waals surface area contributed by atoms with E-state index in [9.17, 15) is 39.3 Å². The van der Waals surface area contributed by atoms with Crippen molar-refractivity contribution in [3.8, 4) is 0 Å². The molecule has 0 aromatic rings. The normalized spacial score (nSPS) is 16.5. The van der Waals surface area contributed by atoms with Gasteiger partial charge in [-0.15, -0.1) is 0 Å². The Morgan fingerprint density at radius 3 is 1.73 bits per heavy atom. The number of ether oxygens (including phenoxy) is 1. The number of hydrogen-bond acceptors (Lipinski definition) is 4. The first-order chi connectivity index (χ1) is 6.44. The maximum atomic E-state index is 12.1. The highest BCUT2D eigenvalue weighted by Crippen LogP contribution is 2.38. The minimum Gasteiger partial charge on any atom is -0.262 e. The lowest BCUT2D eigenvalue weighted by Gasteiger charge is -2.20. The van der Waals surface area contributed by atoms with Crippen molar-refractivity contribution in [1.82, 2.24) is 0 Å². The smallest absolute Gasteiger partial charge is 0.262 e. The van der Waals surface area contributed by atoms with E-state index in [0.717, 1.165) is 0 Å². The summed E-state index contributed by atoms with van der Waals surface area (Å²) in [5.41, 5.74) is -4.31. The van der Waals surface area contributed by atoms with E-state index in [2.05, 4.69) is 4.74 Å². The lowest BCUT2D eigenvalue weighted by Crippen LogP contribution is -2.43. The molecular weight excluding hydrogens is 265 g/mol. The van der Waals surface area contributed by atoms with Crippen molar-refractivity contribution in [2.75, 3.05) is 0 Å². The summed E-state index contributed by atoms with van der Waals surface area (Å²) in [5, 5.41) is 0. The molecule has 92 valence electrons. The van der Waals surface area contributed by atoms with Gasteiger partial charge in [-0.3, -0.25) is 4.74 Å². The highest BCUT2D eigenvalue weighted by atomic mass is 32.2. The van der Waals surface area contributed by atoms with Crippen molar-refractivity contribution >= 4 is 10.1 Å². The van der Waals surface area contributed by atoms with E-state index >= 15 is 0 Å². The zero-order chi connectivity index (χ0) is 12.5. The van der Waals surface area contributed by atoms with Crippen LogP contribution in [0.15, 0.2) is 0 Å². The van der Waals surface area contributed by atoms with Gasteiger partial charge in [0.1, 0.15) is 0 Å². The lowest BCUT2D eigenvalue weighted by molar-refractivity contribution is -0.404. The van der Waals surface area contributed by atoms with Crippen LogP contribution in [0.3, 0.4) is 0 Å². The van der Waals surface area contributed by atoms with Crippen molar-refractivity contribution in [3.05, 3.63) is 0 Å². The van der Waals surface area contributed by atoms with Gasteiger partial charge in [0.2, 0.25) is 0 Å². The van der Waals surface area contributed by atoms with Gasteiger partial charge in [0.25, 0.3) is 0 Å². The minimum absolute atomic E-state index is 1.83. The SMILES string of the molecule is O=S(=O)(OF)C(F)OC(F)(F)C(F)(F)F. The lowest BCUT2D eigenvalue weighted by atomic mass is 10.6. The molecule has 0 fully saturated rings. The van der Waals surface area contributed by atoms with Crippen LogP contribution in [0.5, 0.6) is 0 Å². The van der Waals surface area contributed by atoms with Gasteiger partial charge in [-0.25, -0.2) is 0 Å². The van der Waals surface area contributed by atoms with E-state index in [1.807, 2.05) is 4.39 Å². The number of rotatable bonds is 4. The van der Waals surface area contributed by atoms with Crippen molar-refractivity contribution < 1.29 is 48.4 Å². The summed E-state index contributed by atoms with van der Waals surface area (Å²) in [5.74, 6) is 0. The largest absolute Gasteiger partial charge is 0.483 e. The fraction of sp³-hybridized carbons (Fsp3) is 1.00. The van der Waals surface area contributed by atoms with Gasteiger partial charge in [-0.2, -0.15) is 34.8 Å². The molecule has 0 N–H and O–H groups in total. The molecule has 0 amide bonds. The van der Waals surface area contributed by atoms with E-state index in [0.29, 0.717) is 0 Å². The zero-order valence-corrected chi connectivity index (χ0v) is 7.08. The van der Waals surface area contributed by atoms with Crippen molar-refractivity contribution in [3.63, 3.8) is 0 Å². The topological polar surface area (TPSA) is 52.6 Å². The van der Waals surface area contributed by atoms with E-state index in [4.69, 9.17) is 0 Å². The third-order valence-corrected chi connectivity index (χ3v) is 1.61. The molecule has 0 saturated carbocycles. The Bertz CT molecular complexity index is 307. The standard InChI is InChI=1S/C3HF7O4S/c4-1(15(11,12)14-10)13-3(8,9)2(5,6)7/h1H. The van der Waals surface area contributed by atoms with Crippen LogP contribution in [0.4, 0.5) is 30.9 Å². The zero-order valence-electron chi connectivity index (χ0n) is 6.26. The van der Waals surface area contributed by atoms with Gasteiger partial charge in [0.15, 0.2) is 0 Å². The Balaban J connectivity index is 4.77. The van der Waals surface area contributed by atoms with Gasteiger partial charge in [0, 0.05) is 0 Å². The third-order valence-electron chi connectivity index (χ3n) is 0.885. The number of alkyl halides is 6. The van der Waals surface area contributed by atoms with E-state index in [1.54, 1.807) is 0 Å². The monoisotopic (exact) mass is 266 g/mol. The molecule has 0 radical (unpaired) electrons. The number of hydrogen-bond donors (Lipinski definition) is 0. The average molecular weight is 266 g/mol. The molecule has 0 spiro atoms. The van der Waals surface area contributed by atoms with E-state index < -0.39 is 28.1 Å². The Labute approximate surface area is 77.6 Å². The van der Waals surface area contributed by atoms with Crippen LogP contribution in [0.25, 0.3) is 0 Å². The quantitative estimate of drug-likeness (QED) is 0.726. The second-order valence-electron chi connectivity index (χ2n) is 1.96. The molecule has 4 nitrogen and oxygen atoms in total. The Hall–Kier alpha value is -0.620. The first-order valence-electron chi connectivity index (χ1n) is 2.74. The van der Waals surface area contributed by atoms with Crippen LogP contribution in [0.2, 0.25) is 0 Å². The molecule has 1 atom stereocenters. The Morgan fingerprint density at radius 1 is 1.07 bits per heavy atom. The van der Waals surface area contributed by atoms with E-state index in [-0.39, 0.29) is 0 Å². The average Bonchev–Trinajstić information content (AvgIpc) is 2.01. The molecule has 0 aromatic carbocycles. The molecule has 1 unspecified atom stereocenters. The molecule has 0 aliphatic carbocycles. The summed E-state index contributed by atoms with van der Waals surface area (Å²) in [6, 6.07) is 0. The van der Waals surface area contributed by atoms with Gasteiger partial charge < -0.3 is 0 Å². The van der Waals surface area contributed by atoms with Gasteiger partial charge in [-0.1, -0.05) is 4.39 Å². The molecule has 0 aromatic heterocycles. The van der Waals surface area contributed by atoms with Crippen molar-refractivity contribution in [2.45, 2.75) is 18.0 Å². The van der Waals surface area contributed by atoms with Crippen LogP contribution in [0, 0.1) is 0 Å². The predicted octanol–water partition coefficient (Wildman–Crippen LogP) is 1.64. The summed E-state index contributed by atoms with van der Waals surface area (Å²) >= 11 is 0. The second-order valence-corrected chi connectivity index (χ2v) is 3.44. The van der Waals surface area contributed by atoms with E-state index in [1.165, 1.54) is 0 Å². The summed E-state index contributed by atoms with van der Waals surface area (Å²) in [4.78, 5) is 0. The third kappa shape index (κ3) is 3.46. The molecule has 0 bridgehead atoms. The van der Waals surface area contributed by atoms with Gasteiger partial charge in [-0.05, 0) is 4.53 Å². The number of halogens is 7. The fourth-order valence-corrected chi connectivity index (χ4v) is 0.567. The van der Waals surface area contributed by atoms with Crippen LogP contribution < -0.4 is 0 Å². The van der Waals surface area contributed by atoms with Crippen LogP contribution in [-0.4, -0.2) is 26.4 Å². The van der Waals surface area contributed by atoms with Crippen LogP contribution >= 0.6 is 0 Å².